The predicted molar refractivity (Wildman–Crippen MR) is 159 cm³/mol. The number of nitrogens with zero attached hydrogens (tertiary/aromatic N) is 6. The molecule has 1 aromatic carbocycles. The van der Waals surface area contributed by atoms with Gasteiger partial charge in [-0.05, 0) is 81.1 Å². The van der Waals surface area contributed by atoms with Gasteiger partial charge < -0.3 is 19.8 Å². The van der Waals surface area contributed by atoms with Crippen molar-refractivity contribution in [2.45, 2.75) is 57.6 Å². The molecule has 1 saturated carbocycles. The van der Waals surface area contributed by atoms with Gasteiger partial charge in [-0.25, -0.2) is 4.98 Å². The van der Waals surface area contributed by atoms with Gasteiger partial charge in [0.2, 0.25) is 12.3 Å². The molecule has 0 amide bonds. The maximum atomic E-state index is 14.1. The van der Waals surface area contributed by atoms with Gasteiger partial charge in [0, 0.05) is 47.2 Å². The molecule has 0 radical (unpaired) electrons. The zero-order valence-corrected chi connectivity index (χ0v) is 23.4. The lowest BCUT2D eigenvalue weighted by atomic mass is 10.0. The molecular formula is C31H32N8O3. The zero-order chi connectivity index (χ0) is 28.5. The average molecular weight is 565 g/mol. The maximum Gasteiger partial charge on any atom is 0.266 e. The van der Waals surface area contributed by atoms with Crippen LogP contribution in [0.1, 0.15) is 50.1 Å². The number of aryl methyl sites for hydroxylation is 1. The number of aromatic nitrogens is 6. The van der Waals surface area contributed by atoms with Crippen LogP contribution in [-0.2, 0) is 0 Å². The fourth-order valence-electron chi connectivity index (χ4n) is 5.97. The van der Waals surface area contributed by atoms with Crippen LogP contribution in [0, 0.1) is 6.92 Å². The number of hydrogen-bond acceptors (Lipinski definition) is 10. The van der Waals surface area contributed by atoms with E-state index in [1.165, 1.54) is 6.39 Å². The third kappa shape index (κ3) is 5.23. The first kappa shape index (κ1) is 26.3. The summed E-state index contributed by atoms with van der Waals surface area (Å²) in [5.74, 6) is 1.61. The van der Waals surface area contributed by atoms with Gasteiger partial charge >= 0.3 is 0 Å². The molecule has 1 aliphatic carbocycles. The van der Waals surface area contributed by atoms with Crippen molar-refractivity contribution in [2.75, 3.05) is 18.4 Å². The maximum absolute atomic E-state index is 14.1. The molecule has 11 nitrogen and oxygen atoms in total. The lowest BCUT2D eigenvalue weighted by Crippen LogP contribution is -2.37. The van der Waals surface area contributed by atoms with Crippen LogP contribution in [-0.4, -0.2) is 48.9 Å². The smallest absolute Gasteiger partial charge is 0.266 e. The molecule has 5 aromatic rings. The summed E-state index contributed by atoms with van der Waals surface area (Å²) < 4.78 is 13.3. The van der Waals surface area contributed by atoms with Gasteiger partial charge in [0.05, 0.1) is 0 Å². The third-order valence-corrected chi connectivity index (χ3v) is 8.11. The third-order valence-electron chi connectivity index (χ3n) is 8.11. The highest BCUT2D eigenvalue weighted by Crippen LogP contribution is 2.33. The molecule has 2 aliphatic rings. The molecule has 42 heavy (non-hydrogen) atoms. The topological polar surface area (TPSA) is 133 Å². The van der Waals surface area contributed by atoms with Crippen LogP contribution in [0.25, 0.3) is 33.7 Å². The molecule has 214 valence electrons. The second-order valence-electron chi connectivity index (χ2n) is 11.0. The van der Waals surface area contributed by atoms with Crippen LogP contribution in [0.15, 0.2) is 64.4 Å². The summed E-state index contributed by atoms with van der Waals surface area (Å²) in [5.41, 5.74) is 4.18. The van der Waals surface area contributed by atoms with Crippen molar-refractivity contribution in [3.63, 3.8) is 0 Å². The van der Waals surface area contributed by atoms with Gasteiger partial charge in [-0.3, -0.25) is 14.3 Å². The van der Waals surface area contributed by atoms with Gasteiger partial charge in [0.1, 0.15) is 23.2 Å². The number of piperidine rings is 1. The van der Waals surface area contributed by atoms with E-state index in [4.69, 9.17) is 14.1 Å². The van der Waals surface area contributed by atoms with Crippen molar-refractivity contribution in [3.05, 3.63) is 71.1 Å². The largest absolute Gasteiger partial charge is 0.489 e. The lowest BCUT2D eigenvalue weighted by molar-refractivity contribution is 0.167. The van der Waals surface area contributed by atoms with Gasteiger partial charge in [-0.2, -0.15) is 4.98 Å². The van der Waals surface area contributed by atoms with E-state index >= 15 is 0 Å². The Morgan fingerprint density at radius 3 is 2.62 bits per heavy atom. The summed E-state index contributed by atoms with van der Waals surface area (Å²) in [5, 5.41) is 15.2. The minimum absolute atomic E-state index is 0.0757. The number of fused-ring (bicyclic) bond motifs is 1. The van der Waals surface area contributed by atoms with E-state index in [1.54, 1.807) is 12.4 Å². The Balaban J connectivity index is 1.21. The first-order chi connectivity index (χ1) is 20.6. The summed E-state index contributed by atoms with van der Waals surface area (Å²) in [4.78, 5) is 28.1. The fourth-order valence-corrected chi connectivity index (χ4v) is 5.97. The molecule has 1 aliphatic heterocycles. The number of benzene rings is 1. The molecule has 1 atom stereocenters. The number of pyridine rings is 2. The summed E-state index contributed by atoms with van der Waals surface area (Å²) in [6, 6.07) is 11.6. The first-order valence-corrected chi connectivity index (χ1v) is 14.5. The van der Waals surface area contributed by atoms with Crippen molar-refractivity contribution in [3.8, 4) is 28.5 Å². The van der Waals surface area contributed by atoms with E-state index in [0.717, 1.165) is 79.6 Å². The Hall–Kier alpha value is -4.64. The quantitative estimate of drug-likeness (QED) is 0.272. The standard InChI is InChI=1S/C31H32N8O3/c1-19-13-27(29-38-35-18-41-29)33-17-26(19)25-14-20-15-34-31(37-28(20)39(30(25)40)22-5-2-3-6-22)36-21-8-10-23(11-9-21)42-24-7-4-12-32-16-24/h8-11,13-15,17-18,22,24,32H,2-7,12,16H2,1H3,(H,34,36,37). The van der Waals surface area contributed by atoms with Crippen LogP contribution >= 0.6 is 0 Å². The monoisotopic (exact) mass is 564 g/mol. The molecule has 2 fully saturated rings. The van der Waals surface area contributed by atoms with Crippen LogP contribution in [0.4, 0.5) is 11.6 Å². The minimum atomic E-state index is -0.0757. The highest BCUT2D eigenvalue weighted by Gasteiger charge is 2.24. The predicted octanol–water partition coefficient (Wildman–Crippen LogP) is 5.20. The van der Waals surface area contributed by atoms with E-state index < -0.39 is 0 Å². The molecule has 11 heteroatoms. The molecule has 7 rings (SSSR count). The molecule has 0 spiro atoms. The number of ether oxygens (including phenoxy) is 1. The van der Waals surface area contributed by atoms with Crippen molar-refractivity contribution < 1.29 is 9.15 Å². The van der Waals surface area contributed by atoms with Crippen molar-refractivity contribution in [1.82, 2.24) is 35.0 Å². The number of rotatable bonds is 7. The van der Waals surface area contributed by atoms with Crippen molar-refractivity contribution >= 4 is 22.7 Å². The average Bonchev–Trinajstić information content (AvgIpc) is 3.74. The van der Waals surface area contributed by atoms with E-state index in [9.17, 15) is 4.79 Å². The molecule has 2 N–H and O–H groups in total. The van der Waals surface area contributed by atoms with Crippen molar-refractivity contribution in [1.29, 1.82) is 0 Å². The molecule has 4 aromatic heterocycles. The highest BCUT2D eigenvalue weighted by atomic mass is 16.5. The minimum Gasteiger partial charge on any atom is -0.489 e. The summed E-state index contributed by atoms with van der Waals surface area (Å²) in [7, 11) is 0. The van der Waals surface area contributed by atoms with Gasteiger partial charge in [0.25, 0.3) is 11.4 Å². The Labute approximate surface area is 242 Å². The summed E-state index contributed by atoms with van der Waals surface area (Å²) in [6.07, 6.45) is 11.2. The van der Waals surface area contributed by atoms with E-state index in [-0.39, 0.29) is 17.7 Å². The number of anilines is 2. The highest BCUT2D eigenvalue weighted by molar-refractivity contribution is 5.83. The lowest BCUT2D eigenvalue weighted by Gasteiger charge is -2.24. The van der Waals surface area contributed by atoms with E-state index in [1.807, 2.05) is 47.9 Å². The first-order valence-electron chi connectivity index (χ1n) is 14.5. The van der Waals surface area contributed by atoms with Crippen LogP contribution < -0.4 is 20.9 Å². The molecule has 1 saturated heterocycles. The van der Waals surface area contributed by atoms with Gasteiger partial charge in [-0.1, -0.05) is 12.8 Å². The normalized spacial score (nSPS) is 17.5. The Bertz CT molecular complexity index is 1760. The fraction of sp³-hybridized carbons (Fsp3) is 0.355. The molecular weight excluding hydrogens is 532 g/mol. The van der Waals surface area contributed by atoms with Crippen LogP contribution in [0.2, 0.25) is 0 Å². The van der Waals surface area contributed by atoms with E-state index in [0.29, 0.717) is 28.7 Å². The molecule has 1 unspecified atom stereocenters. The van der Waals surface area contributed by atoms with Gasteiger partial charge in [0.15, 0.2) is 0 Å². The summed E-state index contributed by atoms with van der Waals surface area (Å²) >= 11 is 0. The van der Waals surface area contributed by atoms with Gasteiger partial charge in [-0.15, -0.1) is 10.2 Å². The van der Waals surface area contributed by atoms with Crippen molar-refractivity contribution in [2.24, 2.45) is 0 Å². The van der Waals surface area contributed by atoms with E-state index in [2.05, 4.69) is 30.8 Å². The Morgan fingerprint density at radius 2 is 1.88 bits per heavy atom. The SMILES string of the molecule is Cc1cc(-c2nnco2)ncc1-c1cc2cnc(Nc3ccc(OC4CCCNC4)cc3)nc2n(C2CCCC2)c1=O. The second-order valence-corrected chi connectivity index (χ2v) is 11.0. The summed E-state index contributed by atoms with van der Waals surface area (Å²) in [6.45, 7) is 3.88. The van der Waals surface area contributed by atoms with Crippen LogP contribution in [0.3, 0.4) is 0 Å². The van der Waals surface area contributed by atoms with Crippen LogP contribution in [0.5, 0.6) is 5.75 Å². The zero-order valence-electron chi connectivity index (χ0n) is 23.4. The number of hydrogen-bond donors (Lipinski definition) is 2. The molecule has 0 bridgehead atoms. The Kier molecular flexibility index (Phi) is 7.08. The molecule has 5 heterocycles. The Morgan fingerprint density at radius 1 is 1.02 bits per heavy atom. The second kappa shape index (κ2) is 11.3. The number of nitrogens with one attached hydrogen (secondary N) is 2.